The second-order valence-corrected chi connectivity index (χ2v) is 11.4. The molecule has 5 atom stereocenters. The van der Waals surface area contributed by atoms with Crippen LogP contribution in [-0.4, -0.2) is 64.6 Å². The first kappa shape index (κ1) is 34.8. The summed E-state index contributed by atoms with van der Waals surface area (Å²) in [5.74, 6) is 0.685. The fourth-order valence-corrected chi connectivity index (χ4v) is 4.82. The minimum Gasteiger partial charge on any atom is -0.379 e. The molecule has 4 unspecified atom stereocenters. The van der Waals surface area contributed by atoms with Crippen LogP contribution in [0, 0.1) is 5.92 Å². The highest BCUT2D eigenvalue weighted by Gasteiger charge is 2.30. The van der Waals surface area contributed by atoms with Crippen LogP contribution in [0.1, 0.15) is 130 Å². The van der Waals surface area contributed by atoms with Crippen LogP contribution in [0.2, 0.25) is 0 Å². The van der Waals surface area contributed by atoms with E-state index in [1.807, 2.05) is 0 Å². The third kappa shape index (κ3) is 19.5. The summed E-state index contributed by atoms with van der Waals surface area (Å²) in [6.45, 7) is 10.4. The maximum absolute atomic E-state index is 6.26. The lowest BCUT2D eigenvalue weighted by atomic mass is 10.0. The average Bonchev–Trinajstić information content (AvgIpc) is 2.91. The molecule has 0 radical (unpaired) electrons. The van der Waals surface area contributed by atoms with E-state index in [1.165, 1.54) is 89.9 Å². The standard InChI is InChI=1S/C31H64N2O4/c1-5-7-8-9-10-11-12-13-14-15-16-17-18-19-22-35-25-29(34-4)26-36-31-30(32)21-20-28(37-31)24-33-23-27(3)6-2/h27-31,33H,5-26,32H2,1-4H3/t27?,28?,29?,30?,31-/m1/s1. The predicted octanol–water partition coefficient (Wildman–Crippen LogP) is 6.98. The van der Waals surface area contributed by atoms with Gasteiger partial charge in [0.15, 0.2) is 6.29 Å². The number of unbranched alkanes of at least 4 members (excludes halogenated alkanes) is 13. The molecule has 0 aliphatic carbocycles. The van der Waals surface area contributed by atoms with Crippen LogP contribution in [0.3, 0.4) is 0 Å². The Bertz CT molecular complexity index is 482. The van der Waals surface area contributed by atoms with Crippen molar-refractivity contribution >= 4 is 0 Å². The summed E-state index contributed by atoms with van der Waals surface area (Å²) in [7, 11) is 1.72. The summed E-state index contributed by atoms with van der Waals surface area (Å²) in [5.41, 5.74) is 6.26. The van der Waals surface area contributed by atoms with E-state index in [0.717, 1.165) is 39.0 Å². The molecule has 1 fully saturated rings. The summed E-state index contributed by atoms with van der Waals surface area (Å²) < 4.78 is 23.6. The van der Waals surface area contributed by atoms with Gasteiger partial charge in [0, 0.05) is 20.3 Å². The van der Waals surface area contributed by atoms with Gasteiger partial charge in [0.2, 0.25) is 0 Å². The van der Waals surface area contributed by atoms with Crippen molar-refractivity contribution in [2.45, 2.75) is 154 Å². The van der Waals surface area contributed by atoms with Crippen molar-refractivity contribution < 1.29 is 18.9 Å². The minimum atomic E-state index is -0.368. The van der Waals surface area contributed by atoms with E-state index in [-0.39, 0.29) is 24.5 Å². The highest BCUT2D eigenvalue weighted by Crippen LogP contribution is 2.20. The van der Waals surface area contributed by atoms with Gasteiger partial charge in [-0.05, 0) is 31.7 Å². The molecule has 0 aromatic rings. The van der Waals surface area contributed by atoms with Crippen LogP contribution in [0.5, 0.6) is 0 Å². The zero-order chi connectivity index (χ0) is 27.0. The van der Waals surface area contributed by atoms with Crippen molar-refractivity contribution in [2.75, 3.05) is 40.0 Å². The molecule has 37 heavy (non-hydrogen) atoms. The van der Waals surface area contributed by atoms with Gasteiger partial charge in [-0.1, -0.05) is 111 Å². The molecule has 3 N–H and O–H groups in total. The molecule has 6 heteroatoms. The third-order valence-corrected chi connectivity index (χ3v) is 7.79. The maximum Gasteiger partial charge on any atom is 0.173 e. The Labute approximate surface area is 230 Å². The van der Waals surface area contributed by atoms with Crippen molar-refractivity contribution in [1.82, 2.24) is 5.32 Å². The van der Waals surface area contributed by atoms with E-state index < -0.39 is 0 Å². The lowest BCUT2D eigenvalue weighted by Gasteiger charge is -2.35. The molecule has 0 bridgehead atoms. The lowest BCUT2D eigenvalue weighted by Crippen LogP contribution is -2.49. The topological polar surface area (TPSA) is 75.0 Å². The number of ether oxygens (including phenoxy) is 4. The first-order chi connectivity index (χ1) is 18.1. The van der Waals surface area contributed by atoms with Crippen LogP contribution in [0.4, 0.5) is 0 Å². The van der Waals surface area contributed by atoms with Gasteiger partial charge in [0.05, 0.1) is 25.4 Å². The van der Waals surface area contributed by atoms with Gasteiger partial charge in [-0.2, -0.15) is 0 Å². The molecule has 1 rings (SSSR count). The smallest absolute Gasteiger partial charge is 0.173 e. The molecule has 0 spiro atoms. The highest BCUT2D eigenvalue weighted by atomic mass is 16.7. The van der Waals surface area contributed by atoms with Crippen molar-refractivity contribution in [3.8, 4) is 0 Å². The number of rotatable bonds is 26. The Morgan fingerprint density at radius 2 is 1.43 bits per heavy atom. The molecular weight excluding hydrogens is 464 g/mol. The summed E-state index contributed by atoms with van der Waals surface area (Å²) in [6, 6.07) is -0.0835. The molecule has 1 aliphatic rings. The molecule has 1 saturated heterocycles. The van der Waals surface area contributed by atoms with Crippen LogP contribution >= 0.6 is 0 Å². The number of methoxy groups -OCH3 is 1. The molecule has 0 aromatic carbocycles. The van der Waals surface area contributed by atoms with E-state index in [2.05, 4.69) is 26.1 Å². The highest BCUT2D eigenvalue weighted by molar-refractivity contribution is 4.78. The van der Waals surface area contributed by atoms with E-state index in [4.69, 9.17) is 24.7 Å². The van der Waals surface area contributed by atoms with Gasteiger partial charge in [0.25, 0.3) is 0 Å². The summed E-state index contributed by atoms with van der Waals surface area (Å²) in [4.78, 5) is 0. The minimum absolute atomic E-state index is 0.0835. The van der Waals surface area contributed by atoms with Crippen molar-refractivity contribution in [2.24, 2.45) is 11.7 Å². The largest absolute Gasteiger partial charge is 0.379 e. The molecular formula is C31H64N2O4. The van der Waals surface area contributed by atoms with Gasteiger partial charge < -0.3 is 30.0 Å². The molecule has 0 aromatic heterocycles. The van der Waals surface area contributed by atoms with Gasteiger partial charge in [-0.15, -0.1) is 0 Å². The quantitative estimate of drug-likeness (QED) is 0.118. The van der Waals surface area contributed by atoms with Crippen LogP contribution in [-0.2, 0) is 18.9 Å². The first-order valence-electron chi connectivity index (χ1n) is 15.9. The van der Waals surface area contributed by atoms with E-state index >= 15 is 0 Å². The first-order valence-corrected chi connectivity index (χ1v) is 15.9. The Balaban J connectivity index is 1.98. The molecule has 1 aliphatic heterocycles. The summed E-state index contributed by atoms with van der Waals surface area (Å²) >= 11 is 0. The molecule has 0 amide bonds. The Morgan fingerprint density at radius 3 is 2.00 bits per heavy atom. The van der Waals surface area contributed by atoms with Crippen molar-refractivity contribution in [3.63, 3.8) is 0 Å². The SMILES string of the molecule is CCCCCCCCCCCCCCCCOCC(CO[C@@H]1OC(CNCC(C)CC)CCC1N)OC. The fraction of sp³-hybridized carbons (Fsp3) is 1.00. The lowest BCUT2D eigenvalue weighted by molar-refractivity contribution is -0.214. The number of hydrogen-bond acceptors (Lipinski definition) is 6. The molecule has 6 nitrogen and oxygen atoms in total. The monoisotopic (exact) mass is 528 g/mol. The molecule has 1 heterocycles. The Morgan fingerprint density at radius 1 is 0.838 bits per heavy atom. The Hall–Kier alpha value is -0.240. The van der Waals surface area contributed by atoms with E-state index in [1.54, 1.807) is 7.11 Å². The third-order valence-electron chi connectivity index (χ3n) is 7.79. The zero-order valence-electron chi connectivity index (χ0n) is 25.2. The fourth-order valence-electron chi connectivity index (χ4n) is 4.82. The predicted molar refractivity (Wildman–Crippen MR) is 156 cm³/mol. The summed E-state index contributed by atoms with van der Waals surface area (Å²) in [5, 5.41) is 3.52. The summed E-state index contributed by atoms with van der Waals surface area (Å²) in [6.07, 6.45) is 22.0. The maximum atomic E-state index is 6.26. The van der Waals surface area contributed by atoms with Gasteiger partial charge in [0.1, 0.15) is 6.10 Å². The van der Waals surface area contributed by atoms with Gasteiger partial charge >= 0.3 is 0 Å². The van der Waals surface area contributed by atoms with E-state index in [9.17, 15) is 0 Å². The van der Waals surface area contributed by atoms with Crippen molar-refractivity contribution in [3.05, 3.63) is 0 Å². The van der Waals surface area contributed by atoms with Crippen LogP contribution in [0.15, 0.2) is 0 Å². The van der Waals surface area contributed by atoms with Gasteiger partial charge in [-0.25, -0.2) is 0 Å². The average molecular weight is 529 g/mol. The van der Waals surface area contributed by atoms with Crippen LogP contribution < -0.4 is 11.1 Å². The van der Waals surface area contributed by atoms with Gasteiger partial charge in [-0.3, -0.25) is 0 Å². The normalized spacial score (nSPS) is 21.8. The number of nitrogens with one attached hydrogen (secondary N) is 1. The molecule has 222 valence electrons. The second kappa shape index (κ2) is 24.8. The molecule has 0 saturated carbocycles. The van der Waals surface area contributed by atoms with Crippen molar-refractivity contribution in [1.29, 1.82) is 0 Å². The zero-order valence-corrected chi connectivity index (χ0v) is 25.2. The van der Waals surface area contributed by atoms with E-state index in [0.29, 0.717) is 19.1 Å². The number of hydrogen-bond donors (Lipinski definition) is 2. The van der Waals surface area contributed by atoms with Crippen LogP contribution in [0.25, 0.3) is 0 Å². The number of nitrogens with two attached hydrogens (primary N) is 1. The Kier molecular flexibility index (Phi) is 23.3. The second-order valence-electron chi connectivity index (χ2n) is 11.4.